The molecule has 0 aliphatic rings. The van der Waals surface area contributed by atoms with Gasteiger partial charge >= 0.3 is 5.97 Å². The molecule has 1 amide bonds. The van der Waals surface area contributed by atoms with Crippen molar-refractivity contribution in [2.45, 2.75) is 24.3 Å². The highest BCUT2D eigenvalue weighted by Crippen LogP contribution is 2.23. The molecule has 3 rings (SSSR count). The van der Waals surface area contributed by atoms with Crippen molar-refractivity contribution in [2.24, 2.45) is 5.14 Å². The Bertz CT molecular complexity index is 1160. The van der Waals surface area contributed by atoms with Crippen molar-refractivity contribution >= 4 is 38.9 Å². The van der Waals surface area contributed by atoms with Crippen LogP contribution < -0.4 is 10.5 Å². The molecule has 156 valence electrons. The highest BCUT2D eigenvalue weighted by molar-refractivity contribution is 7.89. The van der Waals surface area contributed by atoms with E-state index in [2.05, 4.69) is 10.3 Å². The minimum atomic E-state index is -3.90. The fraction of sp³-hybridized carbons (Fsp3) is 0.150. The summed E-state index contributed by atoms with van der Waals surface area (Å²) < 4.78 is 28.0. The van der Waals surface area contributed by atoms with Gasteiger partial charge in [0.1, 0.15) is 5.01 Å². The highest BCUT2D eigenvalue weighted by atomic mass is 32.2. The quantitative estimate of drug-likeness (QED) is 0.538. The molecular weight excluding hydrogens is 426 g/mol. The molecule has 0 saturated heterocycles. The summed E-state index contributed by atoms with van der Waals surface area (Å²) in [4.78, 5) is 28.7. The summed E-state index contributed by atoms with van der Waals surface area (Å²) in [6.45, 7) is 1.42. The van der Waals surface area contributed by atoms with Crippen LogP contribution in [0.5, 0.6) is 0 Å². The summed E-state index contributed by atoms with van der Waals surface area (Å²) in [5.74, 6) is -1.20. The van der Waals surface area contributed by atoms with E-state index >= 15 is 0 Å². The predicted octanol–water partition coefficient (Wildman–Crippen LogP) is 2.57. The average Bonchev–Trinajstić information content (AvgIpc) is 3.16. The molecule has 10 heteroatoms. The number of rotatable bonds is 7. The third-order valence-corrected chi connectivity index (χ3v) is 5.86. The van der Waals surface area contributed by atoms with E-state index in [0.29, 0.717) is 5.69 Å². The number of hydrogen-bond acceptors (Lipinski definition) is 7. The highest BCUT2D eigenvalue weighted by Gasteiger charge is 2.20. The molecule has 0 fully saturated rings. The molecule has 1 aromatic heterocycles. The molecule has 3 aromatic rings. The molecule has 0 aliphatic heterocycles. The Balaban J connectivity index is 1.57. The van der Waals surface area contributed by atoms with Gasteiger partial charge in [0.2, 0.25) is 10.0 Å². The first-order valence-electron chi connectivity index (χ1n) is 8.85. The van der Waals surface area contributed by atoms with Crippen LogP contribution in [0.2, 0.25) is 0 Å². The molecule has 8 nitrogen and oxygen atoms in total. The van der Waals surface area contributed by atoms with E-state index < -0.39 is 28.0 Å². The Morgan fingerprint density at radius 3 is 2.60 bits per heavy atom. The Kier molecular flexibility index (Phi) is 6.60. The number of benzene rings is 2. The van der Waals surface area contributed by atoms with E-state index in [9.17, 15) is 18.0 Å². The summed E-state index contributed by atoms with van der Waals surface area (Å²) in [7, 11) is -3.90. The van der Waals surface area contributed by atoms with Crippen LogP contribution in [-0.4, -0.2) is 31.4 Å². The molecule has 0 bridgehead atoms. The maximum Gasteiger partial charge on any atom is 0.312 e. The third-order valence-electron chi connectivity index (χ3n) is 4.01. The maximum absolute atomic E-state index is 12.3. The number of esters is 1. The first-order valence-corrected chi connectivity index (χ1v) is 11.3. The van der Waals surface area contributed by atoms with Gasteiger partial charge in [-0.25, -0.2) is 18.5 Å². The maximum atomic E-state index is 12.3. The summed E-state index contributed by atoms with van der Waals surface area (Å²) >= 11 is 1.42. The van der Waals surface area contributed by atoms with Gasteiger partial charge in [0.05, 0.1) is 17.0 Å². The zero-order valence-corrected chi connectivity index (χ0v) is 17.6. The average molecular weight is 446 g/mol. The summed E-state index contributed by atoms with van der Waals surface area (Å²) in [6.07, 6.45) is -1.15. The van der Waals surface area contributed by atoms with E-state index in [1.807, 2.05) is 30.3 Å². The minimum absolute atomic E-state index is 0.0676. The van der Waals surface area contributed by atoms with Crippen molar-refractivity contribution < 1.29 is 22.7 Å². The second kappa shape index (κ2) is 9.16. The van der Waals surface area contributed by atoms with E-state index in [4.69, 9.17) is 9.88 Å². The molecule has 0 radical (unpaired) electrons. The van der Waals surface area contributed by atoms with Gasteiger partial charge in [-0.2, -0.15) is 0 Å². The van der Waals surface area contributed by atoms with Crippen LogP contribution in [0.1, 0.15) is 12.6 Å². The van der Waals surface area contributed by atoms with Crippen LogP contribution in [-0.2, 0) is 30.8 Å². The molecule has 1 unspecified atom stereocenters. The van der Waals surface area contributed by atoms with Crippen molar-refractivity contribution in [1.29, 1.82) is 0 Å². The molecule has 0 saturated carbocycles. The SMILES string of the molecule is CC(OC(=O)Cc1csc(-c2ccccc2)n1)C(=O)Nc1cccc(S(N)(=O)=O)c1. The fourth-order valence-electron chi connectivity index (χ4n) is 2.54. The van der Waals surface area contributed by atoms with Gasteiger partial charge < -0.3 is 10.1 Å². The van der Waals surface area contributed by atoms with Crippen molar-refractivity contribution in [2.75, 3.05) is 5.32 Å². The van der Waals surface area contributed by atoms with Crippen molar-refractivity contribution in [3.8, 4) is 10.6 Å². The summed E-state index contributed by atoms with van der Waals surface area (Å²) in [5.41, 5.74) is 1.73. The predicted molar refractivity (Wildman–Crippen MR) is 113 cm³/mol. The minimum Gasteiger partial charge on any atom is -0.452 e. The largest absolute Gasteiger partial charge is 0.452 e. The zero-order valence-electron chi connectivity index (χ0n) is 15.9. The van der Waals surface area contributed by atoms with Gasteiger partial charge in [-0.1, -0.05) is 36.4 Å². The van der Waals surface area contributed by atoms with Crippen LogP contribution in [0.25, 0.3) is 10.6 Å². The number of primary sulfonamides is 1. The van der Waals surface area contributed by atoms with Crippen LogP contribution in [0.3, 0.4) is 0 Å². The van der Waals surface area contributed by atoms with Gasteiger partial charge in [0, 0.05) is 16.6 Å². The van der Waals surface area contributed by atoms with Crippen LogP contribution in [0, 0.1) is 0 Å². The normalized spacial score (nSPS) is 12.2. The number of amides is 1. The van der Waals surface area contributed by atoms with E-state index in [0.717, 1.165) is 10.6 Å². The molecule has 0 spiro atoms. The van der Waals surface area contributed by atoms with Gasteiger partial charge in [-0.3, -0.25) is 9.59 Å². The van der Waals surface area contributed by atoms with E-state index in [1.165, 1.54) is 42.5 Å². The first-order chi connectivity index (χ1) is 14.2. The number of carbonyl (C=O) groups excluding carboxylic acids is 2. The Labute approximate surface area is 177 Å². The lowest BCUT2D eigenvalue weighted by Gasteiger charge is -2.13. The lowest BCUT2D eigenvalue weighted by atomic mass is 10.2. The number of hydrogen-bond donors (Lipinski definition) is 2. The lowest BCUT2D eigenvalue weighted by Crippen LogP contribution is -2.30. The monoisotopic (exact) mass is 445 g/mol. The van der Waals surface area contributed by atoms with Crippen LogP contribution >= 0.6 is 11.3 Å². The van der Waals surface area contributed by atoms with Gasteiger partial charge in [-0.15, -0.1) is 11.3 Å². The smallest absolute Gasteiger partial charge is 0.312 e. The fourth-order valence-corrected chi connectivity index (χ4v) is 3.92. The van der Waals surface area contributed by atoms with E-state index in [-0.39, 0.29) is 17.0 Å². The number of ether oxygens (including phenoxy) is 1. The third kappa shape index (κ3) is 5.72. The van der Waals surface area contributed by atoms with Crippen LogP contribution in [0.4, 0.5) is 5.69 Å². The number of nitrogens with zero attached hydrogens (tertiary/aromatic N) is 1. The second-order valence-corrected chi connectivity index (χ2v) is 8.80. The zero-order chi connectivity index (χ0) is 21.7. The molecular formula is C20H19N3O5S2. The van der Waals surface area contributed by atoms with E-state index in [1.54, 1.807) is 5.38 Å². The number of carbonyl (C=O) groups is 2. The number of anilines is 1. The molecule has 1 atom stereocenters. The Morgan fingerprint density at radius 2 is 1.90 bits per heavy atom. The number of nitrogens with two attached hydrogens (primary N) is 1. The number of aromatic nitrogens is 1. The van der Waals surface area contributed by atoms with Crippen molar-refractivity contribution in [3.05, 3.63) is 65.7 Å². The molecule has 2 aromatic carbocycles. The Morgan fingerprint density at radius 1 is 1.17 bits per heavy atom. The van der Waals surface area contributed by atoms with Crippen LogP contribution in [0.15, 0.2) is 64.9 Å². The standard InChI is InChI=1S/C20H19N3O5S2/c1-13(19(25)22-15-8-5-9-17(10-15)30(21,26)27)28-18(24)11-16-12-29-20(23-16)14-6-3-2-4-7-14/h2-10,12-13H,11H2,1H3,(H,22,25)(H2,21,26,27). The molecule has 3 N–H and O–H groups in total. The number of thiazole rings is 1. The Hall–Kier alpha value is -3.08. The number of sulfonamides is 1. The summed E-state index contributed by atoms with van der Waals surface area (Å²) in [5, 5.41) is 10.1. The van der Waals surface area contributed by atoms with Gasteiger partial charge in [0.25, 0.3) is 5.91 Å². The second-order valence-electron chi connectivity index (χ2n) is 6.38. The van der Waals surface area contributed by atoms with Gasteiger partial charge in [-0.05, 0) is 25.1 Å². The first kappa shape index (κ1) is 21.6. The number of nitrogens with one attached hydrogen (secondary N) is 1. The van der Waals surface area contributed by atoms with Crippen molar-refractivity contribution in [3.63, 3.8) is 0 Å². The topological polar surface area (TPSA) is 128 Å². The van der Waals surface area contributed by atoms with Gasteiger partial charge in [0.15, 0.2) is 6.10 Å². The summed E-state index contributed by atoms with van der Waals surface area (Å²) in [6, 6.07) is 15.1. The molecule has 0 aliphatic carbocycles. The lowest BCUT2D eigenvalue weighted by molar-refractivity contribution is -0.152. The van der Waals surface area contributed by atoms with Crippen molar-refractivity contribution in [1.82, 2.24) is 4.98 Å². The molecule has 30 heavy (non-hydrogen) atoms. The molecule has 1 heterocycles.